The molecule has 128 valence electrons. The predicted octanol–water partition coefficient (Wildman–Crippen LogP) is 3.78. The Labute approximate surface area is 150 Å². The Morgan fingerprint density at radius 1 is 1.16 bits per heavy atom. The molecule has 25 heavy (non-hydrogen) atoms. The second-order valence-corrected chi connectivity index (χ2v) is 7.21. The highest BCUT2D eigenvalue weighted by atomic mass is 32.1. The first-order valence-electron chi connectivity index (χ1n) is 8.56. The Morgan fingerprint density at radius 3 is 2.80 bits per heavy atom. The van der Waals surface area contributed by atoms with E-state index < -0.39 is 0 Å². The molecular weight excluding hydrogens is 332 g/mol. The normalized spacial score (nSPS) is 15.4. The van der Waals surface area contributed by atoms with Crippen molar-refractivity contribution in [3.63, 3.8) is 0 Å². The number of fused-ring (bicyclic) bond motifs is 1. The smallest absolute Gasteiger partial charge is 0.317 e. The number of pyridine rings is 1. The summed E-state index contributed by atoms with van der Waals surface area (Å²) in [6.45, 7) is 2.06. The van der Waals surface area contributed by atoms with E-state index in [1.807, 2.05) is 46.8 Å². The van der Waals surface area contributed by atoms with E-state index in [9.17, 15) is 4.79 Å². The van der Waals surface area contributed by atoms with Crippen LogP contribution < -0.4 is 5.32 Å². The maximum atomic E-state index is 12.5. The number of rotatable bonds is 3. The zero-order valence-electron chi connectivity index (χ0n) is 13.9. The van der Waals surface area contributed by atoms with Crippen molar-refractivity contribution >= 4 is 28.3 Å². The van der Waals surface area contributed by atoms with Crippen LogP contribution in [-0.4, -0.2) is 34.0 Å². The Bertz CT molecular complexity index is 852. The highest BCUT2D eigenvalue weighted by Gasteiger charge is 2.25. The molecule has 0 radical (unpaired) electrons. The molecule has 0 aliphatic carbocycles. The fourth-order valence-corrected chi connectivity index (χ4v) is 4.17. The third-order valence-corrected chi connectivity index (χ3v) is 5.67. The zero-order valence-corrected chi connectivity index (χ0v) is 14.7. The number of nitrogens with zero attached hydrogens (tertiary/aromatic N) is 3. The average molecular weight is 352 g/mol. The van der Waals surface area contributed by atoms with E-state index in [1.165, 1.54) is 5.01 Å². The number of benzene rings is 1. The third kappa shape index (κ3) is 3.49. The summed E-state index contributed by atoms with van der Waals surface area (Å²) in [6.07, 6.45) is 5.61. The van der Waals surface area contributed by atoms with Crippen LogP contribution in [0.25, 0.3) is 10.9 Å². The third-order valence-electron chi connectivity index (χ3n) is 4.73. The number of piperidine rings is 1. The molecule has 2 aromatic heterocycles. The SMILES string of the molecule is O=C(NCc1cccc2cccnc12)N1CCC(c2nccs2)CC1. The van der Waals surface area contributed by atoms with Crippen LogP contribution in [0.15, 0.2) is 48.1 Å². The van der Waals surface area contributed by atoms with Gasteiger partial charge in [-0.3, -0.25) is 4.98 Å². The molecule has 1 aliphatic heterocycles. The summed E-state index contributed by atoms with van der Waals surface area (Å²) in [6, 6.07) is 10.0. The predicted molar refractivity (Wildman–Crippen MR) is 99.6 cm³/mol. The Morgan fingerprint density at radius 2 is 2.00 bits per heavy atom. The molecule has 0 saturated carbocycles. The van der Waals surface area contributed by atoms with Crippen LogP contribution in [0, 0.1) is 0 Å². The fourth-order valence-electron chi connectivity index (χ4n) is 3.36. The summed E-state index contributed by atoms with van der Waals surface area (Å²) in [5.74, 6) is 0.492. The van der Waals surface area contributed by atoms with Gasteiger partial charge in [0.1, 0.15) is 0 Å². The molecule has 6 heteroatoms. The van der Waals surface area contributed by atoms with Gasteiger partial charge in [-0.25, -0.2) is 9.78 Å². The molecule has 0 atom stereocenters. The number of urea groups is 1. The summed E-state index contributed by atoms with van der Waals surface area (Å²) in [4.78, 5) is 23.2. The lowest BCUT2D eigenvalue weighted by molar-refractivity contribution is 0.181. The van der Waals surface area contributed by atoms with Gasteiger partial charge in [0.05, 0.1) is 10.5 Å². The summed E-state index contributed by atoms with van der Waals surface area (Å²) < 4.78 is 0. The lowest BCUT2D eigenvalue weighted by atomic mass is 9.98. The van der Waals surface area contributed by atoms with E-state index in [2.05, 4.69) is 15.3 Å². The van der Waals surface area contributed by atoms with E-state index in [4.69, 9.17) is 0 Å². The number of likely N-dealkylation sites (tertiary alicyclic amines) is 1. The van der Waals surface area contributed by atoms with Crippen molar-refractivity contribution in [1.29, 1.82) is 0 Å². The summed E-state index contributed by atoms with van der Waals surface area (Å²) in [5.41, 5.74) is 2.00. The minimum absolute atomic E-state index is 0.00511. The van der Waals surface area contributed by atoms with Crippen LogP contribution in [0.3, 0.4) is 0 Å². The van der Waals surface area contributed by atoms with Gasteiger partial charge in [-0.2, -0.15) is 0 Å². The van der Waals surface area contributed by atoms with Crippen molar-refractivity contribution in [2.45, 2.75) is 25.3 Å². The van der Waals surface area contributed by atoms with Crippen molar-refractivity contribution < 1.29 is 4.79 Å². The highest BCUT2D eigenvalue weighted by Crippen LogP contribution is 2.29. The highest BCUT2D eigenvalue weighted by molar-refractivity contribution is 7.09. The second kappa shape index (κ2) is 7.19. The van der Waals surface area contributed by atoms with E-state index in [0.29, 0.717) is 12.5 Å². The first-order valence-corrected chi connectivity index (χ1v) is 9.44. The number of amides is 2. The Balaban J connectivity index is 1.35. The largest absolute Gasteiger partial charge is 0.334 e. The quantitative estimate of drug-likeness (QED) is 0.780. The molecular formula is C19H20N4OS. The summed E-state index contributed by atoms with van der Waals surface area (Å²) in [5, 5.41) is 7.36. The van der Waals surface area contributed by atoms with Crippen LogP contribution in [0.5, 0.6) is 0 Å². The van der Waals surface area contributed by atoms with E-state index in [1.54, 1.807) is 17.5 Å². The number of hydrogen-bond donors (Lipinski definition) is 1. The van der Waals surface area contributed by atoms with Crippen molar-refractivity contribution in [1.82, 2.24) is 20.2 Å². The number of aromatic nitrogens is 2. The number of thiazole rings is 1. The summed E-state index contributed by atoms with van der Waals surface area (Å²) >= 11 is 1.71. The molecule has 1 fully saturated rings. The maximum Gasteiger partial charge on any atom is 0.317 e. The number of hydrogen-bond acceptors (Lipinski definition) is 4. The van der Waals surface area contributed by atoms with Crippen LogP contribution in [0.1, 0.15) is 29.3 Å². The van der Waals surface area contributed by atoms with Gasteiger partial charge in [0.15, 0.2) is 0 Å². The van der Waals surface area contributed by atoms with Crippen LogP contribution in [0.4, 0.5) is 4.79 Å². The van der Waals surface area contributed by atoms with Gasteiger partial charge in [0.2, 0.25) is 0 Å². The second-order valence-electron chi connectivity index (χ2n) is 6.28. The minimum atomic E-state index is 0.00511. The number of para-hydroxylation sites is 1. The van der Waals surface area contributed by atoms with Gasteiger partial charge < -0.3 is 10.2 Å². The van der Waals surface area contributed by atoms with Gasteiger partial charge in [0, 0.05) is 48.7 Å². The van der Waals surface area contributed by atoms with Crippen molar-refractivity contribution in [3.8, 4) is 0 Å². The number of carbonyl (C=O) groups excluding carboxylic acids is 1. The number of carbonyl (C=O) groups is 1. The first kappa shape index (κ1) is 16.0. The lowest BCUT2D eigenvalue weighted by Crippen LogP contribution is -2.43. The topological polar surface area (TPSA) is 58.1 Å². The van der Waals surface area contributed by atoms with Crippen LogP contribution in [-0.2, 0) is 6.54 Å². The standard InChI is InChI=1S/C19H20N4OS/c24-19(23-10-6-15(7-11-23)18-21-9-12-25-18)22-13-16-4-1-3-14-5-2-8-20-17(14)16/h1-5,8-9,12,15H,6-7,10-11,13H2,(H,22,24). The molecule has 3 heterocycles. The van der Waals surface area contributed by atoms with Gasteiger partial charge in [0.25, 0.3) is 0 Å². The maximum absolute atomic E-state index is 12.5. The molecule has 1 N–H and O–H groups in total. The van der Waals surface area contributed by atoms with Crippen molar-refractivity contribution in [2.75, 3.05) is 13.1 Å². The van der Waals surface area contributed by atoms with Gasteiger partial charge >= 0.3 is 6.03 Å². The van der Waals surface area contributed by atoms with Crippen molar-refractivity contribution in [2.24, 2.45) is 0 Å². The van der Waals surface area contributed by atoms with Crippen molar-refractivity contribution in [3.05, 3.63) is 58.7 Å². The average Bonchev–Trinajstić information content (AvgIpc) is 3.21. The van der Waals surface area contributed by atoms with Crippen LogP contribution >= 0.6 is 11.3 Å². The first-order chi connectivity index (χ1) is 12.3. The van der Waals surface area contributed by atoms with Crippen LogP contribution in [0.2, 0.25) is 0 Å². The molecule has 1 saturated heterocycles. The molecule has 5 nitrogen and oxygen atoms in total. The molecule has 0 spiro atoms. The minimum Gasteiger partial charge on any atom is -0.334 e. The molecule has 0 bridgehead atoms. The molecule has 0 unspecified atom stereocenters. The van der Waals surface area contributed by atoms with E-state index in [-0.39, 0.29) is 6.03 Å². The molecule has 2 amide bonds. The number of nitrogens with one attached hydrogen (secondary N) is 1. The molecule has 1 aliphatic rings. The van der Waals surface area contributed by atoms with E-state index >= 15 is 0 Å². The Kier molecular flexibility index (Phi) is 4.61. The van der Waals surface area contributed by atoms with Gasteiger partial charge in [-0.15, -0.1) is 11.3 Å². The van der Waals surface area contributed by atoms with Gasteiger partial charge in [-0.05, 0) is 24.5 Å². The Hall–Kier alpha value is -2.47. The van der Waals surface area contributed by atoms with E-state index in [0.717, 1.165) is 42.4 Å². The molecule has 3 aromatic rings. The lowest BCUT2D eigenvalue weighted by Gasteiger charge is -2.31. The summed E-state index contributed by atoms with van der Waals surface area (Å²) in [7, 11) is 0. The van der Waals surface area contributed by atoms with Gasteiger partial charge in [-0.1, -0.05) is 24.3 Å². The zero-order chi connectivity index (χ0) is 17.1. The monoisotopic (exact) mass is 352 g/mol. The molecule has 1 aromatic carbocycles. The molecule has 4 rings (SSSR count). The fraction of sp³-hybridized carbons (Fsp3) is 0.316.